The zero-order valence-corrected chi connectivity index (χ0v) is 20.0. The highest BCUT2D eigenvalue weighted by molar-refractivity contribution is 5.92. The van der Waals surface area contributed by atoms with Crippen LogP contribution in [-0.4, -0.2) is 22.1 Å². The SMILES string of the molecule is Cc1cccc(C)c1OCCCn1c(C(C)NC(=O)/C=C\c2ccccc2)nc2ccccc21. The molecule has 1 amide bonds. The summed E-state index contributed by atoms with van der Waals surface area (Å²) in [5.74, 6) is 1.66. The first kappa shape index (κ1) is 23.3. The van der Waals surface area contributed by atoms with Crippen LogP contribution in [0.4, 0.5) is 0 Å². The number of ether oxygens (including phenoxy) is 1. The quantitative estimate of drug-likeness (QED) is 0.249. The third-order valence-corrected chi connectivity index (χ3v) is 5.84. The van der Waals surface area contributed by atoms with Gasteiger partial charge >= 0.3 is 0 Å². The molecule has 174 valence electrons. The van der Waals surface area contributed by atoms with E-state index in [2.05, 4.69) is 41.9 Å². The van der Waals surface area contributed by atoms with E-state index in [-0.39, 0.29) is 11.9 Å². The molecule has 0 aliphatic heterocycles. The summed E-state index contributed by atoms with van der Waals surface area (Å²) in [7, 11) is 0. The van der Waals surface area contributed by atoms with Crippen LogP contribution in [0.5, 0.6) is 5.75 Å². The average Bonchev–Trinajstić information content (AvgIpc) is 3.21. The Morgan fingerprint density at radius 1 is 1.00 bits per heavy atom. The van der Waals surface area contributed by atoms with E-state index in [4.69, 9.17) is 9.72 Å². The van der Waals surface area contributed by atoms with Crippen molar-refractivity contribution in [2.45, 2.75) is 39.8 Å². The zero-order chi connectivity index (χ0) is 23.9. The van der Waals surface area contributed by atoms with Crippen LogP contribution in [-0.2, 0) is 11.3 Å². The number of carbonyl (C=O) groups is 1. The number of para-hydroxylation sites is 3. The number of carbonyl (C=O) groups excluding carboxylic acids is 1. The van der Waals surface area contributed by atoms with Crippen LogP contribution in [0.25, 0.3) is 17.1 Å². The highest BCUT2D eigenvalue weighted by Crippen LogP contribution is 2.24. The largest absolute Gasteiger partial charge is 0.493 e. The summed E-state index contributed by atoms with van der Waals surface area (Å²) in [6.45, 7) is 7.47. The molecule has 0 fully saturated rings. The fraction of sp³-hybridized carbons (Fsp3) is 0.241. The Bertz CT molecular complexity index is 1270. The number of nitrogens with zero attached hydrogens (tertiary/aromatic N) is 2. The molecule has 0 aliphatic rings. The van der Waals surface area contributed by atoms with Crippen molar-refractivity contribution in [3.05, 3.63) is 101 Å². The van der Waals surface area contributed by atoms with Crippen LogP contribution in [0.2, 0.25) is 0 Å². The monoisotopic (exact) mass is 453 g/mol. The number of nitrogens with one attached hydrogen (secondary N) is 1. The maximum atomic E-state index is 12.6. The number of amides is 1. The van der Waals surface area contributed by atoms with Crippen molar-refractivity contribution in [3.8, 4) is 5.75 Å². The second kappa shape index (κ2) is 10.8. The second-order valence-electron chi connectivity index (χ2n) is 8.51. The van der Waals surface area contributed by atoms with E-state index in [1.54, 1.807) is 6.08 Å². The summed E-state index contributed by atoms with van der Waals surface area (Å²) in [6, 6.07) is 23.8. The number of imidazole rings is 1. The Balaban J connectivity index is 1.45. The van der Waals surface area contributed by atoms with Gasteiger partial charge in [0, 0.05) is 12.6 Å². The molecule has 3 aromatic carbocycles. The molecule has 0 aliphatic carbocycles. The van der Waals surface area contributed by atoms with Crippen LogP contribution >= 0.6 is 0 Å². The summed E-state index contributed by atoms with van der Waals surface area (Å²) in [5.41, 5.74) is 5.27. The summed E-state index contributed by atoms with van der Waals surface area (Å²) < 4.78 is 8.29. The van der Waals surface area contributed by atoms with Crippen molar-refractivity contribution in [2.75, 3.05) is 6.61 Å². The molecular formula is C29H31N3O2. The van der Waals surface area contributed by atoms with Crippen molar-refractivity contribution in [1.82, 2.24) is 14.9 Å². The van der Waals surface area contributed by atoms with Gasteiger partial charge in [-0.1, -0.05) is 60.7 Å². The molecule has 1 N–H and O–H groups in total. The second-order valence-corrected chi connectivity index (χ2v) is 8.51. The molecule has 34 heavy (non-hydrogen) atoms. The van der Waals surface area contributed by atoms with Gasteiger partial charge in [-0.25, -0.2) is 4.98 Å². The third-order valence-electron chi connectivity index (χ3n) is 5.84. The van der Waals surface area contributed by atoms with Gasteiger partial charge in [0.2, 0.25) is 5.91 Å². The van der Waals surface area contributed by atoms with Crippen LogP contribution < -0.4 is 10.1 Å². The standard InChI is InChI=1S/C29H31N3O2/c1-21-11-9-12-22(2)28(21)34-20-10-19-32-26-16-8-7-15-25(26)31-29(32)23(3)30-27(33)18-17-24-13-5-4-6-14-24/h4-9,11-18,23H,10,19-20H2,1-3H3,(H,30,33)/b18-17-. The first-order chi connectivity index (χ1) is 16.5. The molecule has 5 heteroatoms. The number of aryl methyl sites for hydroxylation is 3. The zero-order valence-electron chi connectivity index (χ0n) is 20.0. The summed E-state index contributed by atoms with van der Waals surface area (Å²) >= 11 is 0. The average molecular weight is 454 g/mol. The number of benzene rings is 3. The molecule has 1 heterocycles. The van der Waals surface area contributed by atoms with E-state index in [1.165, 1.54) is 0 Å². The lowest BCUT2D eigenvalue weighted by molar-refractivity contribution is -0.117. The Morgan fingerprint density at radius 2 is 1.71 bits per heavy atom. The molecule has 0 saturated heterocycles. The predicted octanol–water partition coefficient (Wildman–Crippen LogP) is 6.01. The van der Waals surface area contributed by atoms with Gasteiger partial charge in [0.05, 0.1) is 23.7 Å². The molecule has 0 saturated carbocycles. The molecule has 5 nitrogen and oxygen atoms in total. The minimum absolute atomic E-state index is 0.145. The van der Waals surface area contributed by atoms with Crippen molar-refractivity contribution < 1.29 is 9.53 Å². The van der Waals surface area contributed by atoms with Crippen molar-refractivity contribution >= 4 is 23.0 Å². The van der Waals surface area contributed by atoms with Crippen molar-refractivity contribution in [3.63, 3.8) is 0 Å². The van der Waals surface area contributed by atoms with E-state index in [0.29, 0.717) is 6.61 Å². The Kier molecular flexibility index (Phi) is 7.43. The van der Waals surface area contributed by atoms with Gasteiger partial charge in [-0.05, 0) is 62.1 Å². The molecule has 4 aromatic rings. The van der Waals surface area contributed by atoms with Gasteiger partial charge in [-0.2, -0.15) is 0 Å². The van der Waals surface area contributed by atoms with Crippen molar-refractivity contribution in [1.29, 1.82) is 0 Å². The Hall–Kier alpha value is -3.86. The highest BCUT2D eigenvalue weighted by atomic mass is 16.5. The lowest BCUT2D eigenvalue weighted by Gasteiger charge is -2.16. The highest BCUT2D eigenvalue weighted by Gasteiger charge is 2.17. The van der Waals surface area contributed by atoms with Crippen LogP contribution in [0.15, 0.2) is 78.9 Å². The number of fused-ring (bicyclic) bond motifs is 1. The maximum absolute atomic E-state index is 12.6. The molecule has 1 unspecified atom stereocenters. The van der Waals surface area contributed by atoms with Gasteiger partial charge in [0.25, 0.3) is 0 Å². The van der Waals surface area contributed by atoms with E-state index in [0.717, 1.165) is 52.3 Å². The Morgan fingerprint density at radius 3 is 2.47 bits per heavy atom. The minimum Gasteiger partial charge on any atom is -0.493 e. The normalized spacial score (nSPS) is 12.2. The summed E-state index contributed by atoms with van der Waals surface area (Å²) in [5, 5.41) is 3.06. The number of hydrogen-bond donors (Lipinski definition) is 1. The fourth-order valence-corrected chi connectivity index (χ4v) is 4.15. The van der Waals surface area contributed by atoms with E-state index < -0.39 is 0 Å². The van der Waals surface area contributed by atoms with Gasteiger partial charge in [-0.15, -0.1) is 0 Å². The van der Waals surface area contributed by atoms with Crippen molar-refractivity contribution in [2.24, 2.45) is 0 Å². The van der Waals surface area contributed by atoms with E-state index >= 15 is 0 Å². The van der Waals surface area contributed by atoms with Gasteiger partial charge in [0.1, 0.15) is 11.6 Å². The van der Waals surface area contributed by atoms with Crippen LogP contribution in [0, 0.1) is 13.8 Å². The molecule has 0 radical (unpaired) electrons. The van der Waals surface area contributed by atoms with Gasteiger partial charge in [-0.3, -0.25) is 4.79 Å². The lowest BCUT2D eigenvalue weighted by Crippen LogP contribution is -2.27. The minimum atomic E-state index is -0.236. The van der Waals surface area contributed by atoms with Gasteiger partial charge < -0.3 is 14.6 Å². The van der Waals surface area contributed by atoms with Crippen LogP contribution in [0.3, 0.4) is 0 Å². The van der Waals surface area contributed by atoms with E-state index in [9.17, 15) is 4.79 Å². The number of rotatable bonds is 9. The maximum Gasteiger partial charge on any atom is 0.244 e. The van der Waals surface area contributed by atoms with Crippen LogP contribution in [0.1, 0.15) is 41.9 Å². The number of aromatic nitrogens is 2. The third kappa shape index (κ3) is 5.54. The molecular weight excluding hydrogens is 422 g/mol. The fourth-order valence-electron chi connectivity index (χ4n) is 4.15. The van der Waals surface area contributed by atoms with Gasteiger partial charge in [0.15, 0.2) is 0 Å². The smallest absolute Gasteiger partial charge is 0.244 e. The molecule has 0 spiro atoms. The first-order valence-corrected chi connectivity index (χ1v) is 11.7. The molecule has 1 atom stereocenters. The Labute approximate surface area is 201 Å². The molecule has 0 bridgehead atoms. The van der Waals surface area contributed by atoms with E-state index in [1.807, 2.05) is 67.6 Å². The predicted molar refractivity (Wildman–Crippen MR) is 138 cm³/mol. The first-order valence-electron chi connectivity index (χ1n) is 11.7. The topological polar surface area (TPSA) is 56.1 Å². The lowest BCUT2D eigenvalue weighted by atomic mass is 10.1. The molecule has 4 rings (SSSR count). The number of hydrogen-bond acceptors (Lipinski definition) is 3. The molecule has 1 aromatic heterocycles. The summed E-state index contributed by atoms with van der Waals surface area (Å²) in [4.78, 5) is 17.4. The summed E-state index contributed by atoms with van der Waals surface area (Å²) in [6.07, 6.45) is 4.21.